The Hall–Kier alpha value is -3.60. The van der Waals surface area contributed by atoms with E-state index in [0.29, 0.717) is 12.2 Å². The highest BCUT2D eigenvalue weighted by atomic mass is 16.1. The number of carbonyl (C=O) groups excluding carboxylic acids is 1. The fraction of sp³-hybridized carbons (Fsp3) is 0.259. The zero-order chi connectivity index (χ0) is 23.3. The third kappa shape index (κ3) is 5.55. The molecule has 3 aromatic carbocycles. The van der Waals surface area contributed by atoms with E-state index in [9.17, 15) is 4.79 Å². The van der Waals surface area contributed by atoms with E-state index in [0.717, 1.165) is 17.5 Å². The van der Waals surface area contributed by atoms with Gasteiger partial charge in [-0.15, -0.1) is 0 Å². The summed E-state index contributed by atoms with van der Waals surface area (Å²) in [7, 11) is 0. The van der Waals surface area contributed by atoms with Crippen LogP contribution in [0.15, 0.2) is 72.8 Å². The fourth-order valence-electron chi connectivity index (χ4n) is 3.89. The average molecular weight is 429 g/mol. The molecule has 1 atom stereocenters. The molecule has 0 radical (unpaired) electrons. The molecule has 32 heavy (non-hydrogen) atoms. The van der Waals surface area contributed by atoms with Crippen LogP contribution < -0.4 is 11.4 Å². The van der Waals surface area contributed by atoms with Crippen LogP contribution in [0.3, 0.4) is 0 Å². The number of nitrogens with two attached hydrogens (primary N) is 1. The second-order valence-electron chi connectivity index (χ2n) is 8.40. The van der Waals surface area contributed by atoms with Crippen LogP contribution in [0.1, 0.15) is 42.1 Å². The predicted molar refractivity (Wildman–Crippen MR) is 131 cm³/mol. The summed E-state index contributed by atoms with van der Waals surface area (Å²) in [6.45, 7) is 8.44. The van der Waals surface area contributed by atoms with Crippen LogP contribution in [0.25, 0.3) is 11.0 Å². The number of benzene rings is 3. The molecule has 0 aliphatic carbocycles. The number of primary amides is 1. The number of para-hydroxylation sites is 2. The van der Waals surface area contributed by atoms with E-state index in [1.165, 1.54) is 29.2 Å². The summed E-state index contributed by atoms with van der Waals surface area (Å²) in [5.74, 6) is -0.333. The molecule has 0 aliphatic heterocycles. The molecule has 1 aromatic heterocycles. The first-order chi connectivity index (χ1) is 15.3. The third-order valence-electron chi connectivity index (χ3n) is 5.47. The topological polar surface area (TPSA) is 76.8 Å². The van der Waals surface area contributed by atoms with Crippen LogP contribution in [-0.4, -0.2) is 15.0 Å². The van der Waals surface area contributed by atoms with Gasteiger partial charge >= 0.3 is 0 Å². The van der Waals surface area contributed by atoms with Crippen molar-refractivity contribution in [2.75, 3.05) is 0 Å². The number of aromatic nitrogens is 2. The number of nitrogens with one attached hydrogen (secondary N) is 1. The normalized spacial score (nSPS) is 11.6. The molecule has 3 N–H and O–H groups in total. The van der Waals surface area contributed by atoms with Gasteiger partial charge in [-0.3, -0.25) is 10.2 Å². The minimum Gasteiger partial charge on any atom is -0.370 e. The van der Waals surface area contributed by atoms with E-state index in [1.807, 2.05) is 0 Å². The number of imidazole rings is 1. The van der Waals surface area contributed by atoms with E-state index >= 15 is 0 Å². The Labute approximate surface area is 189 Å². The minimum absolute atomic E-state index is 0.208. The largest absolute Gasteiger partial charge is 0.370 e. The van der Waals surface area contributed by atoms with Crippen LogP contribution in [0.5, 0.6) is 0 Å². The summed E-state index contributed by atoms with van der Waals surface area (Å²) < 4.78 is 4.29. The number of aryl methyl sites for hydroxylation is 2. The van der Waals surface area contributed by atoms with Crippen molar-refractivity contribution in [3.63, 3.8) is 0 Å². The van der Waals surface area contributed by atoms with Gasteiger partial charge in [0.25, 0.3) is 0 Å². The van der Waals surface area contributed by atoms with E-state index in [1.54, 1.807) is 0 Å². The maximum absolute atomic E-state index is 9.22. The molecule has 5 heteroatoms. The summed E-state index contributed by atoms with van der Waals surface area (Å²) in [4.78, 5) is 9.22. The van der Waals surface area contributed by atoms with E-state index in [-0.39, 0.29) is 11.9 Å². The van der Waals surface area contributed by atoms with E-state index < -0.39 is 0 Å². The van der Waals surface area contributed by atoms with E-state index in [2.05, 4.69) is 108 Å². The third-order valence-corrected chi connectivity index (χ3v) is 5.47. The van der Waals surface area contributed by atoms with Gasteiger partial charge in [0.05, 0.1) is 17.6 Å². The van der Waals surface area contributed by atoms with Crippen molar-refractivity contribution in [3.8, 4) is 0 Å². The molecule has 0 spiro atoms. The number of fused-ring (bicyclic) bond motifs is 1. The fourth-order valence-corrected chi connectivity index (χ4v) is 3.89. The number of hydrogen-bond donors (Lipinski definition) is 2. The molecule has 1 unspecified atom stereocenters. The molecular weight excluding hydrogens is 396 g/mol. The monoisotopic (exact) mass is 428 g/mol. The molecule has 0 aliphatic rings. The van der Waals surface area contributed by atoms with Gasteiger partial charge in [0.15, 0.2) is 0 Å². The number of carbonyl (C=O) groups is 1. The summed E-state index contributed by atoms with van der Waals surface area (Å²) in [5, 5.41) is 8.92. The lowest BCUT2D eigenvalue weighted by atomic mass is 10.1. The number of hydrogen-bond acceptors (Lipinski definition) is 2. The summed E-state index contributed by atoms with van der Waals surface area (Å²) in [6, 6.07) is 25.9. The molecule has 5 nitrogen and oxygen atoms in total. The van der Waals surface area contributed by atoms with Crippen molar-refractivity contribution in [1.82, 2.24) is 9.13 Å². The molecule has 1 amide bonds. The van der Waals surface area contributed by atoms with Crippen molar-refractivity contribution in [2.45, 2.75) is 46.7 Å². The van der Waals surface area contributed by atoms with Gasteiger partial charge < -0.3 is 14.9 Å². The highest BCUT2D eigenvalue weighted by Crippen LogP contribution is 2.21. The Morgan fingerprint density at radius 2 is 1.34 bits per heavy atom. The van der Waals surface area contributed by atoms with Crippen LogP contribution in [0, 0.1) is 19.3 Å². The highest BCUT2D eigenvalue weighted by Gasteiger charge is 2.16. The molecule has 0 fully saturated rings. The summed E-state index contributed by atoms with van der Waals surface area (Å²) in [6.07, 6.45) is 0.912. The van der Waals surface area contributed by atoms with Gasteiger partial charge in [0.1, 0.15) is 0 Å². The Balaban J connectivity index is 0.000000668. The van der Waals surface area contributed by atoms with E-state index in [4.69, 9.17) is 5.41 Å². The average Bonchev–Trinajstić information content (AvgIpc) is 3.02. The second-order valence-corrected chi connectivity index (χ2v) is 8.40. The number of nitrogens with zero attached hydrogens (tertiary/aromatic N) is 2. The maximum Gasteiger partial charge on any atom is 0.214 e. The lowest BCUT2D eigenvalue weighted by Gasteiger charge is -2.15. The smallest absolute Gasteiger partial charge is 0.214 e. The molecule has 4 aromatic rings. The van der Waals surface area contributed by atoms with Crippen molar-refractivity contribution < 1.29 is 4.79 Å². The van der Waals surface area contributed by atoms with Crippen molar-refractivity contribution in [2.24, 2.45) is 5.73 Å². The van der Waals surface area contributed by atoms with Crippen molar-refractivity contribution in [1.29, 1.82) is 5.41 Å². The number of amides is 1. The van der Waals surface area contributed by atoms with Gasteiger partial charge in [-0.2, -0.15) is 0 Å². The van der Waals surface area contributed by atoms with Gasteiger partial charge in [-0.25, -0.2) is 0 Å². The predicted octanol–water partition coefficient (Wildman–Crippen LogP) is 4.88. The molecule has 0 bridgehead atoms. The maximum atomic E-state index is 9.22. The molecule has 166 valence electrons. The molecule has 4 rings (SSSR count). The summed E-state index contributed by atoms with van der Waals surface area (Å²) >= 11 is 0. The Morgan fingerprint density at radius 1 is 0.875 bits per heavy atom. The Bertz CT molecular complexity index is 1240. The molecule has 0 saturated carbocycles. The Morgan fingerprint density at radius 3 is 1.88 bits per heavy atom. The zero-order valence-electron chi connectivity index (χ0n) is 19.3. The van der Waals surface area contributed by atoms with Crippen LogP contribution in [0.2, 0.25) is 0 Å². The zero-order valence-corrected chi connectivity index (χ0v) is 19.3. The molecule has 1 heterocycles. The van der Waals surface area contributed by atoms with Gasteiger partial charge in [-0.05, 0) is 50.5 Å². The SMILES string of the molecule is CC(N)=O.Cc1ccc(CC(C)n2c(=N)n(Cc3ccc(C)cc3)c3ccccc32)cc1. The second kappa shape index (κ2) is 10.1. The molecule has 0 saturated heterocycles. The van der Waals surface area contributed by atoms with Crippen LogP contribution in [0.4, 0.5) is 0 Å². The summed E-state index contributed by atoms with van der Waals surface area (Å²) in [5.41, 5.74) is 12.3. The highest BCUT2D eigenvalue weighted by molar-refractivity contribution is 5.76. The number of rotatable bonds is 5. The lowest BCUT2D eigenvalue weighted by molar-refractivity contribution is -0.115. The van der Waals surface area contributed by atoms with Crippen LogP contribution >= 0.6 is 0 Å². The Kier molecular flexibility index (Phi) is 7.31. The first kappa shape index (κ1) is 23.1. The van der Waals surface area contributed by atoms with Crippen LogP contribution in [-0.2, 0) is 17.8 Å². The van der Waals surface area contributed by atoms with Gasteiger partial charge in [0.2, 0.25) is 11.5 Å². The first-order valence-electron chi connectivity index (χ1n) is 10.9. The molecular formula is C27H32N4O. The van der Waals surface area contributed by atoms with Crippen molar-refractivity contribution >= 4 is 16.9 Å². The lowest BCUT2D eigenvalue weighted by Crippen LogP contribution is -2.28. The first-order valence-corrected chi connectivity index (χ1v) is 10.9. The minimum atomic E-state index is -0.333. The standard InChI is InChI=1S/C25H27N3.C2H5NO/c1-18-8-12-21(13-9-18)16-20(3)28-24-7-5-4-6-23(24)27(25(28)26)17-22-14-10-19(2)11-15-22;1-2(3)4/h4-15,20,26H,16-17H2,1-3H3;1H3,(H2,3,4). The van der Waals surface area contributed by atoms with Gasteiger partial charge in [0, 0.05) is 13.0 Å². The van der Waals surface area contributed by atoms with Gasteiger partial charge in [-0.1, -0.05) is 71.8 Å². The quantitative estimate of drug-likeness (QED) is 0.467. The van der Waals surface area contributed by atoms with Crippen molar-refractivity contribution in [3.05, 3.63) is 101 Å².